The number of nitro benzene ring substituents is 1. The maximum atomic E-state index is 10.7. The number of methoxy groups -OCH3 is 1. The fourth-order valence-electron chi connectivity index (χ4n) is 2.30. The first-order valence-corrected chi connectivity index (χ1v) is 7.78. The van der Waals surface area contributed by atoms with E-state index in [1.807, 2.05) is 32.0 Å². The lowest BCUT2D eigenvalue weighted by Gasteiger charge is -2.20. The van der Waals surface area contributed by atoms with Crippen LogP contribution in [-0.4, -0.2) is 17.1 Å². The number of non-ortho nitro benzene ring substituents is 1. The van der Waals surface area contributed by atoms with Crippen molar-refractivity contribution in [2.75, 3.05) is 12.4 Å². The van der Waals surface area contributed by atoms with Crippen molar-refractivity contribution in [3.8, 4) is 5.75 Å². The molecule has 2 N–H and O–H groups in total. The molecule has 24 heavy (non-hydrogen) atoms. The first-order valence-electron chi connectivity index (χ1n) is 7.37. The highest BCUT2D eigenvalue weighted by Crippen LogP contribution is 2.26. The second kappa shape index (κ2) is 7.74. The predicted octanol–water partition coefficient (Wildman–Crippen LogP) is 3.96. The summed E-state index contributed by atoms with van der Waals surface area (Å²) >= 11 is 5.31. The summed E-state index contributed by atoms with van der Waals surface area (Å²) in [6, 6.07) is 12.0. The van der Waals surface area contributed by atoms with E-state index in [-0.39, 0.29) is 11.7 Å². The largest absolute Gasteiger partial charge is 0.496 e. The van der Waals surface area contributed by atoms with Gasteiger partial charge in [0.25, 0.3) is 5.69 Å². The third-order valence-electron chi connectivity index (χ3n) is 3.54. The van der Waals surface area contributed by atoms with Crippen LogP contribution in [0.1, 0.15) is 24.1 Å². The first kappa shape index (κ1) is 17.7. The van der Waals surface area contributed by atoms with Gasteiger partial charge in [-0.15, -0.1) is 0 Å². The zero-order valence-corrected chi connectivity index (χ0v) is 14.5. The van der Waals surface area contributed by atoms with Gasteiger partial charge < -0.3 is 15.4 Å². The number of thiocarbonyl (C=S) groups is 1. The van der Waals surface area contributed by atoms with E-state index in [4.69, 9.17) is 17.0 Å². The molecule has 0 aliphatic heterocycles. The standard InChI is InChI=1S/C17H19N3O3S/c1-11-4-9-16(23-3)15(10-11)12(2)18-17(24)19-13-5-7-14(8-6-13)20(21)22/h4-10,12H,1-3H3,(H2,18,19,24)/t12-/m0/s1. The van der Waals surface area contributed by atoms with Crippen LogP contribution >= 0.6 is 12.2 Å². The van der Waals surface area contributed by atoms with Gasteiger partial charge >= 0.3 is 0 Å². The number of ether oxygens (including phenoxy) is 1. The monoisotopic (exact) mass is 345 g/mol. The lowest BCUT2D eigenvalue weighted by molar-refractivity contribution is -0.384. The fourth-order valence-corrected chi connectivity index (χ4v) is 2.59. The smallest absolute Gasteiger partial charge is 0.269 e. The van der Waals surface area contributed by atoms with Gasteiger partial charge in [-0.2, -0.15) is 0 Å². The molecule has 0 amide bonds. The molecule has 0 saturated heterocycles. The quantitative estimate of drug-likeness (QED) is 0.485. The molecular formula is C17H19N3O3S. The van der Waals surface area contributed by atoms with Crippen LogP contribution < -0.4 is 15.4 Å². The minimum absolute atomic E-state index is 0.0392. The highest BCUT2D eigenvalue weighted by molar-refractivity contribution is 7.80. The Bertz CT molecular complexity index is 747. The Labute approximate surface area is 146 Å². The predicted molar refractivity (Wildman–Crippen MR) is 98.6 cm³/mol. The normalized spacial score (nSPS) is 11.5. The van der Waals surface area contributed by atoms with Gasteiger partial charge in [0.15, 0.2) is 5.11 Å². The van der Waals surface area contributed by atoms with Gasteiger partial charge in [0.2, 0.25) is 0 Å². The Kier molecular flexibility index (Phi) is 5.70. The van der Waals surface area contributed by atoms with Crippen LogP contribution in [0.15, 0.2) is 42.5 Å². The molecule has 2 aromatic rings. The minimum atomic E-state index is -0.438. The number of hydrogen-bond donors (Lipinski definition) is 2. The van der Waals surface area contributed by atoms with E-state index in [2.05, 4.69) is 10.6 Å². The van der Waals surface area contributed by atoms with Crippen LogP contribution in [0.2, 0.25) is 0 Å². The van der Waals surface area contributed by atoms with E-state index in [1.165, 1.54) is 12.1 Å². The molecule has 0 spiro atoms. The molecule has 0 saturated carbocycles. The van der Waals surface area contributed by atoms with Crippen LogP contribution in [0.3, 0.4) is 0 Å². The third kappa shape index (κ3) is 4.42. The van der Waals surface area contributed by atoms with Crippen molar-refractivity contribution >= 4 is 28.7 Å². The topological polar surface area (TPSA) is 76.4 Å². The molecule has 0 fully saturated rings. The van der Waals surface area contributed by atoms with Crippen molar-refractivity contribution in [2.45, 2.75) is 19.9 Å². The number of anilines is 1. The van der Waals surface area contributed by atoms with Crippen molar-refractivity contribution in [3.63, 3.8) is 0 Å². The molecular weight excluding hydrogens is 326 g/mol. The van der Waals surface area contributed by atoms with Gasteiger partial charge in [0.1, 0.15) is 5.75 Å². The Morgan fingerprint density at radius 3 is 2.50 bits per heavy atom. The van der Waals surface area contributed by atoms with Crippen LogP contribution in [0.4, 0.5) is 11.4 Å². The number of nitrogens with zero attached hydrogens (tertiary/aromatic N) is 1. The Balaban J connectivity index is 2.04. The van der Waals surface area contributed by atoms with Crippen molar-refractivity contribution in [3.05, 3.63) is 63.7 Å². The SMILES string of the molecule is COc1ccc(C)cc1[C@H](C)NC(=S)Nc1ccc([N+](=O)[O-])cc1. The molecule has 6 nitrogen and oxygen atoms in total. The number of rotatable bonds is 5. The molecule has 0 aliphatic rings. The summed E-state index contributed by atoms with van der Waals surface area (Å²) in [5, 5.41) is 17.3. The number of hydrogen-bond acceptors (Lipinski definition) is 4. The molecule has 0 aromatic heterocycles. The second-order valence-corrected chi connectivity index (χ2v) is 5.78. The van der Waals surface area contributed by atoms with Gasteiger partial charge in [0, 0.05) is 23.4 Å². The van der Waals surface area contributed by atoms with E-state index < -0.39 is 4.92 Å². The molecule has 0 radical (unpaired) electrons. The molecule has 7 heteroatoms. The zero-order chi connectivity index (χ0) is 17.7. The lowest BCUT2D eigenvalue weighted by atomic mass is 10.0. The third-order valence-corrected chi connectivity index (χ3v) is 3.76. The van der Waals surface area contributed by atoms with Gasteiger partial charge in [-0.05, 0) is 44.3 Å². The molecule has 126 valence electrons. The van der Waals surface area contributed by atoms with Crippen molar-refractivity contribution in [2.24, 2.45) is 0 Å². The maximum absolute atomic E-state index is 10.7. The van der Waals surface area contributed by atoms with Crippen molar-refractivity contribution in [1.82, 2.24) is 5.32 Å². The summed E-state index contributed by atoms with van der Waals surface area (Å²) in [5.74, 6) is 0.790. The summed E-state index contributed by atoms with van der Waals surface area (Å²) in [6.45, 7) is 4.00. The van der Waals surface area contributed by atoms with Crippen LogP contribution in [0.5, 0.6) is 5.75 Å². The molecule has 0 unspecified atom stereocenters. The number of benzene rings is 2. The average molecular weight is 345 g/mol. The molecule has 1 atom stereocenters. The fraction of sp³-hybridized carbons (Fsp3) is 0.235. The number of nitrogens with one attached hydrogen (secondary N) is 2. The molecule has 0 heterocycles. The van der Waals surface area contributed by atoms with Crippen LogP contribution in [0, 0.1) is 17.0 Å². The molecule has 2 rings (SSSR count). The van der Waals surface area contributed by atoms with Gasteiger partial charge in [0.05, 0.1) is 18.1 Å². The van der Waals surface area contributed by atoms with E-state index in [1.54, 1.807) is 19.2 Å². The van der Waals surface area contributed by atoms with Gasteiger partial charge in [-0.25, -0.2) is 0 Å². The van der Waals surface area contributed by atoms with Gasteiger partial charge in [-0.1, -0.05) is 17.7 Å². The summed E-state index contributed by atoms with van der Waals surface area (Å²) in [6.07, 6.45) is 0. The molecule has 0 aliphatic carbocycles. The van der Waals surface area contributed by atoms with Gasteiger partial charge in [-0.3, -0.25) is 10.1 Å². The zero-order valence-electron chi connectivity index (χ0n) is 13.7. The average Bonchev–Trinajstić information content (AvgIpc) is 2.55. The Hall–Kier alpha value is -2.67. The van der Waals surface area contributed by atoms with Crippen LogP contribution in [0.25, 0.3) is 0 Å². The maximum Gasteiger partial charge on any atom is 0.269 e. The summed E-state index contributed by atoms with van der Waals surface area (Å²) in [7, 11) is 1.63. The second-order valence-electron chi connectivity index (χ2n) is 5.37. The highest BCUT2D eigenvalue weighted by Gasteiger charge is 2.13. The first-order chi connectivity index (χ1) is 11.4. The Morgan fingerprint density at radius 2 is 1.92 bits per heavy atom. The van der Waals surface area contributed by atoms with Crippen molar-refractivity contribution < 1.29 is 9.66 Å². The highest BCUT2D eigenvalue weighted by atomic mass is 32.1. The summed E-state index contributed by atoms with van der Waals surface area (Å²) < 4.78 is 5.39. The molecule has 2 aromatic carbocycles. The summed E-state index contributed by atoms with van der Waals surface area (Å²) in [5.41, 5.74) is 2.86. The Morgan fingerprint density at radius 1 is 1.25 bits per heavy atom. The van der Waals surface area contributed by atoms with E-state index in [9.17, 15) is 10.1 Å². The molecule has 0 bridgehead atoms. The van der Waals surface area contributed by atoms with Crippen molar-refractivity contribution in [1.29, 1.82) is 0 Å². The number of nitro groups is 1. The van der Waals surface area contributed by atoms with E-state index >= 15 is 0 Å². The van der Waals surface area contributed by atoms with Crippen LogP contribution in [-0.2, 0) is 0 Å². The lowest BCUT2D eigenvalue weighted by Crippen LogP contribution is -2.31. The van der Waals surface area contributed by atoms with E-state index in [0.717, 1.165) is 16.9 Å². The number of aryl methyl sites for hydroxylation is 1. The minimum Gasteiger partial charge on any atom is -0.496 e. The van der Waals surface area contributed by atoms with E-state index in [0.29, 0.717) is 10.8 Å². The summed E-state index contributed by atoms with van der Waals surface area (Å²) in [4.78, 5) is 10.2.